The zero-order valence-corrected chi connectivity index (χ0v) is 19.5. The number of aryl methyl sites for hydroxylation is 1. The summed E-state index contributed by atoms with van der Waals surface area (Å²) in [4.78, 5) is 14.4. The lowest BCUT2D eigenvalue weighted by molar-refractivity contribution is -0.148. The van der Waals surface area contributed by atoms with Gasteiger partial charge >= 0.3 is 5.97 Å². The zero-order chi connectivity index (χ0) is 22.7. The highest BCUT2D eigenvalue weighted by molar-refractivity contribution is 7.89. The van der Waals surface area contributed by atoms with Gasteiger partial charge in [-0.3, -0.25) is 4.79 Å². The molecule has 0 atom stereocenters. The van der Waals surface area contributed by atoms with Gasteiger partial charge in [-0.15, -0.1) is 10.2 Å². The Bertz CT molecular complexity index is 1060. The van der Waals surface area contributed by atoms with E-state index in [1.54, 1.807) is 10.4 Å². The highest BCUT2D eigenvalue weighted by Crippen LogP contribution is 2.29. The van der Waals surface area contributed by atoms with E-state index in [0.29, 0.717) is 30.3 Å². The molecule has 0 bridgehead atoms. The summed E-state index contributed by atoms with van der Waals surface area (Å²) in [6.07, 6.45) is 3.28. The first-order chi connectivity index (χ1) is 15.4. The molecule has 2 fully saturated rings. The molecule has 0 radical (unpaired) electrons. The van der Waals surface area contributed by atoms with Crippen LogP contribution in [0.3, 0.4) is 0 Å². The summed E-state index contributed by atoms with van der Waals surface area (Å²) in [7, 11) is -3.50. The van der Waals surface area contributed by atoms with Crippen molar-refractivity contribution in [3.8, 4) is 11.3 Å². The van der Waals surface area contributed by atoms with E-state index in [1.165, 1.54) is 0 Å². The monoisotopic (exact) mass is 458 g/mol. The molecule has 172 valence electrons. The standard InChI is InChI=1S/C23H30N4O4S/c1-3-31-23(28)18-10-14-26(15-11-18)22-9-8-20(24-25-22)19-7-6-17(2)21(16-19)32(29,30)27-12-4-5-13-27/h6-9,16,18H,3-5,10-15H2,1-2H3. The minimum absolute atomic E-state index is 0.0537. The van der Waals surface area contributed by atoms with E-state index in [0.717, 1.165) is 55.7 Å². The molecule has 0 N–H and O–H groups in total. The van der Waals surface area contributed by atoms with Gasteiger partial charge in [-0.25, -0.2) is 8.42 Å². The molecule has 9 heteroatoms. The van der Waals surface area contributed by atoms with Crippen molar-refractivity contribution in [2.75, 3.05) is 37.7 Å². The molecule has 4 rings (SSSR count). The smallest absolute Gasteiger partial charge is 0.309 e. The van der Waals surface area contributed by atoms with Crippen molar-refractivity contribution < 1.29 is 17.9 Å². The Morgan fingerprint density at radius 2 is 1.78 bits per heavy atom. The van der Waals surface area contributed by atoms with Gasteiger partial charge in [0.1, 0.15) is 0 Å². The average molecular weight is 459 g/mol. The van der Waals surface area contributed by atoms with E-state index < -0.39 is 10.0 Å². The van der Waals surface area contributed by atoms with Crippen LogP contribution in [-0.2, 0) is 19.6 Å². The normalized spacial score (nSPS) is 18.1. The predicted octanol–water partition coefficient (Wildman–Crippen LogP) is 3.02. The summed E-state index contributed by atoms with van der Waals surface area (Å²) in [5.74, 6) is 0.586. The molecular formula is C23H30N4O4S. The van der Waals surface area contributed by atoms with Crippen LogP contribution in [0, 0.1) is 12.8 Å². The van der Waals surface area contributed by atoms with Crippen molar-refractivity contribution in [3.05, 3.63) is 35.9 Å². The van der Waals surface area contributed by atoms with Gasteiger partial charge in [-0.05, 0) is 63.3 Å². The predicted molar refractivity (Wildman–Crippen MR) is 122 cm³/mol. The number of hydrogen-bond acceptors (Lipinski definition) is 7. The molecule has 2 saturated heterocycles. The number of hydrogen-bond donors (Lipinski definition) is 0. The Hall–Kier alpha value is -2.52. The van der Waals surface area contributed by atoms with Gasteiger partial charge < -0.3 is 9.64 Å². The van der Waals surface area contributed by atoms with E-state index in [-0.39, 0.29) is 11.9 Å². The molecule has 32 heavy (non-hydrogen) atoms. The molecule has 0 spiro atoms. The van der Waals surface area contributed by atoms with Crippen LogP contribution >= 0.6 is 0 Å². The highest BCUT2D eigenvalue weighted by atomic mass is 32.2. The van der Waals surface area contributed by atoms with Crippen LogP contribution in [0.15, 0.2) is 35.2 Å². The Kier molecular flexibility index (Phi) is 6.76. The van der Waals surface area contributed by atoms with Crippen LogP contribution in [0.25, 0.3) is 11.3 Å². The van der Waals surface area contributed by atoms with Gasteiger partial charge in [0.25, 0.3) is 0 Å². The SMILES string of the molecule is CCOC(=O)C1CCN(c2ccc(-c3ccc(C)c(S(=O)(=O)N4CCCC4)c3)nn2)CC1. The van der Waals surface area contributed by atoms with Crippen molar-refractivity contribution in [1.29, 1.82) is 0 Å². The maximum absolute atomic E-state index is 13.1. The van der Waals surface area contributed by atoms with E-state index in [4.69, 9.17) is 4.74 Å². The number of aromatic nitrogens is 2. The number of nitrogens with zero attached hydrogens (tertiary/aromatic N) is 4. The molecule has 0 aliphatic carbocycles. The van der Waals surface area contributed by atoms with Gasteiger partial charge in [0, 0.05) is 31.7 Å². The van der Waals surface area contributed by atoms with Crippen LogP contribution in [0.5, 0.6) is 0 Å². The number of benzene rings is 1. The summed E-state index contributed by atoms with van der Waals surface area (Å²) in [6.45, 7) is 6.65. The Balaban J connectivity index is 1.48. The molecule has 3 heterocycles. The Morgan fingerprint density at radius 1 is 1.06 bits per heavy atom. The van der Waals surface area contributed by atoms with Gasteiger partial charge in [-0.1, -0.05) is 12.1 Å². The number of anilines is 1. The first kappa shape index (κ1) is 22.7. The Labute approximate surface area is 189 Å². The molecule has 8 nitrogen and oxygen atoms in total. The third-order valence-corrected chi connectivity index (χ3v) is 8.30. The minimum atomic E-state index is -3.50. The molecule has 0 saturated carbocycles. The highest BCUT2D eigenvalue weighted by Gasteiger charge is 2.29. The number of esters is 1. The summed E-state index contributed by atoms with van der Waals surface area (Å²) in [6, 6.07) is 9.19. The number of ether oxygens (including phenoxy) is 1. The minimum Gasteiger partial charge on any atom is -0.466 e. The molecule has 0 amide bonds. The number of carbonyl (C=O) groups is 1. The molecule has 1 aromatic heterocycles. The van der Waals surface area contributed by atoms with E-state index in [2.05, 4.69) is 15.1 Å². The van der Waals surface area contributed by atoms with Crippen LogP contribution in [0.4, 0.5) is 5.82 Å². The van der Waals surface area contributed by atoms with Gasteiger partial charge in [0.05, 0.1) is 23.1 Å². The first-order valence-electron chi connectivity index (χ1n) is 11.3. The summed E-state index contributed by atoms with van der Waals surface area (Å²) < 4.78 is 32.8. The number of carbonyl (C=O) groups excluding carboxylic acids is 1. The number of rotatable bonds is 6. The quantitative estimate of drug-likeness (QED) is 0.614. The topological polar surface area (TPSA) is 92.7 Å². The third-order valence-electron chi connectivity index (χ3n) is 6.26. The molecule has 2 aromatic rings. The summed E-state index contributed by atoms with van der Waals surface area (Å²) in [5.41, 5.74) is 2.09. The van der Waals surface area contributed by atoms with Crippen molar-refractivity contribution in [2.45, 2.75) is 44.4 Å². The van der Waals surface area contributed by atoms with Gasteiger partial charge in [0.15, 0.2) is 5.82 Å². The van der Waals surface area contributed by atoms with Crippen molar-refractivity contribution in [2.24, 2.45) is 5.92 Å². The van der Waals surface area contributed by atoms with E-state index in [9.17, 15) is 13.2 Å². The number of sulfonamides is 1. The lowest BCUT2D eigenvalue weighted by Gasteiger charge is -2.31. The number of piperidine rings is 1. The second-order valence-corrected chi connectivity index (χ2v) is 10.3. The second kappa shape index (κ2) is 9.54. The molecule has 2 aliphatic heterocycles. The molecule has 1 aromatic carbocycles. The molecular weight excluding hydrogens is 428 g/mol. The average Bonchev–Trinajstić information content (AvgIpc) is 3.36. The van der Waals surface area contributed by atoms with Gasteiger partial charge in [0.2, 0.25) is 10.0 Å². The largest absolute Gasteiger partial charge is 0.466 e. The van der Waals surface area contributed by atoms with Crippen molar-refractivity contribution >= 4 is 21.8 Å². The van der Waals surface area contributed by atoms with E-state index in [1.807, 2.05) is 38.1 Å². The van der Waals surface area contributed by atoms with Crippen LogP contribution in [0.1, 0.15) is 38.2 Å². The maximum Gasteiger partial charge on any atom is 0.309 e. The van der Waals surface area contributed by atoms with Crippen LogP contribution < -0.4 is 4.90 Å². The zero-order valence-electron chi connectivity index (χ0n) is 18.7. The first-order valence-corrected chi connectivity index (χ1v) is 12.7. The fraction of sp³-hybridized carbons (Fsp3) is 0.522. The second-order valence-electron chi connectivity index (χ2n) is 8.38. The van der Waals surface area contributed by atoms with Crippen LogP contribution in [0.2, 0.25) is 0 Å². The maximum atomic E-state index is 13.1. The lowest BCUT2D eigenvalue weighted by atomic mass is 9.97. The fourth-order valence-electron chi connectivity index (χ4n) is 4.36. The summed E-state index contributed by atoms with van der Waals surface area (Å²) >= 11 is 0. The van der Waals surface area contributed by atoms with Crippen LogP contribution in [-0.4, -0.2) is 61.7 Å². The summed E-state index contributed by atoms with van der Waals surface area (Å²) in [5, 5.41) is 8.74. The fourth-order valence-corrected chi connectivity index (χ4v) is 6.13. The van der Waals surface area contributed by atoms with Gasteiger partial charge in [-0.2, -0.15) is 4.31 Å². The third kappa shape index (κ3) is 4.63. The molecule has 0 unspecified atom stereocenters. The Morgan fingerprint density at radius 3 is 2.41 bits per heavy atom. The lowest BCUT2D eigenvalue weighted by Crippen LogP contribution is -2.37. The molecule has 2 aliphatic rings. The van der Waals surface area contributed by atoms with Crippen molar-refractivity contribution in [3.63, 3.8) is 0 Å². The van der Waals surface area contributed by atoms with Crippen molar-refractivity contribution in [1.82, 2.24) is 14.5 Å². The van der Waals surface area contributed by atoms with E-state index >= 15 is 0 Å².